The predicted molar refractivity (Wildman–Crippen MR) is 132 cm³/mol. The van der Waals surface area contributed by atoms with E-state index in [0.29, 0.717) is 27.7 Å². The minimum atomic E-state index is -0.480. The van der Waals surface area contributed by atoms with Gasteiger partial charge in [0.15, 0.2) is 10.9 Å². The van der Waals surface area contributed by atoms with E-state index in [4.69, 9.17) is 12.2 Å². The third kappa shape index (κ3) is 4.97. The number of carbonyl (C=O) groups excluding carboxylic acids is 2. The van der Waals surface area contributed by atoms with E-state index in [9.17, 15) is 14.7 Å². The fourth-order valence-corrected chi connectivity index (χ4v) is 3.46. The van der Waals surface area contributed by atoms with E-state index in [-0.39, 0.29) is 22.2 Å². The second kappa shape index (κ2) is 9.46. The molecule has 0 bridgehead atoms. The zero-order valence-corrected chi connectivity index (χ0v) is 18.4. The monoisotopic (exact) mass is 456 g/mol. The molecule has 7 nitrogen and oxygen atoms in total. The second-order valence-corrected chi connectivity index (χ2v) is 7.67. The molecule has 1 amide bonds. The van der Waals surface area contributed by atoms with Crippen LogP contribution in [0.25, 0.3) is 22.2 Å². The van der Waals surface area contributed by atoms with E-state index in [1.807, 2.05) is 30.3 Å². The van der Waals surface area contributed by atoms with Crippen LogP contribution in [0.1, 0.15) is 27.6 Å². The highest BCUT2D eigenvalue weighted by Crippen LogP contribution is 2.31. The molecule has 0 unspecified atom stereocenters. The first kappa shape index (κ1) is 21.9. The van der Waals surface area contributed by atoms with E-state index in [0.717, 1.165) is 5.69 Å². The first-order valence-corrected chi connectivity index (χ1v) is 10.5. The van der Waals surface area contributed by atoms with Crippen LogP contribution in [0.15, 0.2) is 78.9 Å². The number of anilines is 1. The summed E-state index contributed by atoms with van der Waals surface area (Å²) in [5, 5.41) is 13.5. The molecule has 0 saturated carbocycles. The molecule has 4 N–H and O–H groups in total. The normalized spacial score (nSPS) is 10.5. The number of rotatable bonds is 5. The van der Waals surface area contributed by atoms with Crippen molar-refractivity contribution in [1.82, 2.24) is 15.7 Å². The summed E-state index contributed by atoms with van der Waals surface area (Å²) in [6.07, 6.45) is 0. The average Bonchev–Trinajstić information content (AvgIpc) is 2.82. The van der Waals surface area contributed by atoms with Crippen molar-refractivity contribution in [2.75, 3.05) is 5.43 Å². The number of Topliss-reactive ketones (excluding diaryl/α,β-unsaturated/α-hetero) is 1. The molecular weight excluding hydrogens is 436 g/mol. The Labute approximate surface area is 195 Å². The van der Waals surface area contributed by atoms with Crippen LogP contribution in [0.5, 0.6) is 5.75 Å². The first-order chi connectivity index (χ1) is 15.9. The fourth-order valence-electron chi connectivity index (χ4n) is 3.31. The van der Waals surface area contributed by atoms with Gasteiger partial charge in [-0.15, -0.1) is 0 Å². The zero-order chi connectivity index (χ0) is 23.4. The number of carbonyl (C=O) groups is 2. The lowest BCUT2D eigenvalue weighted by atomic mass is 10.0. The number of aromatic nitrogens is 1. The number of nitrogens with one attached hydrogen (secondary N) is 3. The number of hydrazine groups is 1. The lowest BCUT2D eigenvalue weighted by molar-refractivity contribution is 0.0976. The van der Waals surface area contributed by atoms with Gasteiger partial charge in [0.2, 0.25) is 0 Å². The number of hydrogen-bond donors (Lipinski definition) is 4. The third-order valence-electron chi connectivity index (χ3n) is 4.96. The molecule has 0 aliphatic carbocycles. The highest BCUT2D eigenvalue weighted by molar-refractivity contribution is 7.80. The molecule has 1 aromatic heterocycles. The van der Waals surface area contributed by atoms with Crippen molar-refractivity contribution in [2.45, 2.75) is 6.92 Å². The zero-order valence-electron chi connectivity index (χ0n) is 17.6. The summed E-state index contributed by atoms with van der Waals surface area (Å²) in [7, 11) is 0. The summed E-state index contributed by atoms with van der Waals surface area (Å²) in [6, 6.07) is 22.6. The van der Waals surface area contributed by atoms with Crippen molar-refractivity contribution in [3.8, 4) is 17.0 Å². The van der Waals surface area contributed by atoms with Gasteiger partial charge in [-0.1, -0.05) is 30.3 Å². The van der Waals surface area contributed by atoms with Gasteiger partial charge in [-0.3, -0.25) is 25.8 Å². The van der Waals surface area contributed by atoms with Crippen LogP contribution in [0.3, 0.4) is 0 Å². The van der Waals surface area contributed by atoms with Gasteiger partial charge in [-0.2, -0.15) is 0 Å². The van der Waals surface area contributed by atoms with Gasteiger partial charge >= 0.3 is 0 Å². The maximum absolute atomic E-state index is 13.2. The number of para-hydroxylation sites is 2. The molecule has 0 spiro atoms. The van der Waals surface area contributed by atoms with Crippen molar-refractivity contribution in [3.05, 3.63) is 90.0 Å². The maximum Gasteiger partial charge on any atom is 0.258 e. The smallest absolute Gasteiger partial charge is 0.258 e. The first-order valence-electron chi connectivity index (χ1n) is 10.1. The van der Waals surface area contributed by atoms with E-state index in [1.54, 1.807) is 48.5 Å². The number of amides is 1. The Morgan fingerprint density at radius 2 is 1.67 bits per heavy atom. The van der Waals surface area contributed by atoms with E-state index < -0.39 is 5.91 Å². The van der Waals surface area contributed by atoms with E-state index in [1.165, 1.54) is 6.92 Å². The van der Waals surface area contributed by atoms with Crippen molar-refractivity contribution in [1.29, 1.82) is 0 Å². The number of ketones is 1. The van der Waals surface area contributed by atoms with E-state index in [2.05, 4.69) is 21.2 Å². The van der Waals surface area contributed by atoms with Crippen LogP contribution in [0.4, 0.5) is 5.69 Å². The van der Waals surface area contributed by atoms with Crippen LogP contribution in [-0.4, -0.2) is 26.9 Å². The van der Waals surface area contributed by atoms with Gasteiger partial charge in [-0.25, -0.2) is 4.98 Å². The quantitative estimate of drug-likeness (QED) is 0.200. The molecule has 0 aliphatic heterocycles. The van der Waals surface area contributed by atoms with Gasteiger partial charge < -0.3 is 5.11 Å². The van der Waals surface area contributed by atoms with Gasteiger partial charge in [0.05, 0.1) is 22.5 Å². The van der Waals surface area contributed by atoms with Gasteiger partial charge in [0.1, 0.15) is 5.75 Å². The van der Waals surface area contributed by atoms with Crippen LogP contribution < -0.4 is 16.2 Å². The molecule has 0 fully saturated rings. The van der Waals surface area contributed by atoms with Crippen molar-refractivity contribution in [2.24, 2.45) is 0 Å². The number of phenols is 1. The molecular formula is C25H20N4O3S. The standard InChI is InChI=1S/C25H20N4O3S/c1-15(30)16-11-12-21-19(13-16)20(14-22(26-21)18-9-5-6-10-23(18)31)24(32)27-25(33)29-28-17-7-3-2-4-8-17/h2-14,28,31H,1H3,(H2,27,29,32,33). The molecule has 4 rings (SSSR count). The Morgan fingerprint density at radius 1 is 0.939 bits per heavy atom. The molecule has 33 heavy (non-hydrogen) atoms. The Bertz CT molecular complexity index is 1370. The highest BCUT2D eigenvalue weighted by atomic mass is 32.1. The topological polar surface area (TPSA) is 103 Å². The largest absolute Gasteiger partial charge is 0.507 e. The molecule has 0 radical (unpaired) electrons. The van der Waals surface area contributed by atoms with Crippen molar-refractivity contribution >= 4 is 45.6 Å². The summed E-state index contributed by atoms with van der Waals surface area (Å²) in [4.78, 5) is 29.7. The molecule has 3 aromatic carbocycles. The number of pyridine rings is 1. The maximum atomic E-state index is 13.2. The number of benzene rings is 3. The lowest BCUT2D eigenvalue weighted by Crippen LogP contribution is -2.42. The molecule has 0 aliphatic rings. The Kier molecular flexibility index (Phi) is 6.28. The third-order valence-corrected chi connectivity index (χ3v) is 5.17. The van der Waals surface area contributed by atoms with Gasteiger partial charge in [-0.05, 0) is 67.7 Å². The number of fused-ring (bicyclic) bond motifs is 1. The van der Waals surface area contributed by atoms with Gasteiger partial charge in [0.25, 0.3) is 5.91 Å². The predicted octanol–water partition coefficient (Wildman–Crippen LogP) is 4.44. The summed E-state index contributed by atoms with van der Waals surface area (Å²) in [5.41, 5.74) is 8.59. The Balaban J connectivity index is 1.69. The molecule has 0 saturated heterocycles. The van der Waals surface area contributed by atoms with Gasteiger partial charge in [0, 0.05) is 16.5 Å². The number of phenolic OH excluding ortho intramolecular Hbond substituents is 1. The molecule has 4 aromatic rings. The van der Waals surface area contributed by atoms with Crippen LogP contribution in [0, 0.1) is 0 Å². The number of nitrogens with zero attached hydrogens (tertiary/aromatic N) is 1. The molecule has 164 valence electrons. The van der Waals surface area contributed by atoms with Crippen LogP contribution in [-0.2, 0) is 0 Å². The minimum absolute atomic E-state index is 0.0420. The summed E-state index contributed by atoms with van der Waals surface area (Å²) < 4.78 is 0. The average molecular weight is 457 g/mol. The second-order valence-electron chi connectivity index (χ2n) is 7.26. The SMILES string of the molecule is CC(=O)c1ccc2nc(-c3ccccc3O)cc(C(=O)NC(=S)NNc3ccccc3)c2c1. The molecule has 1 heterocycles. The highest BCUT2D eigenvalue weighted by Gasteiger charge is 2.17. The summed E-state index contributed by atoms with van der Waals surface area (Å²) >= 11 is 5.25. The lowest BCUT2D eigenvalue weighted by Gasteiger charge is -2.14. The Hall–Kier alpha value is -4.30. The minimum Gasteiger partial charge on any atom is -0.507 e. The molecule has 8 heteroatoms. The number of hydrogen-bond acceptors (Lipinski definition) is 6. The van der Waals surface area contributed by atoms with Crippen molar-refractivity contribution < 1.29 is 14.7 Å². The number of aromatic hydroxyl groups is 1. The van der Waals surface area contributed by atoms with E-state index >= 15 is 0 Å². The van der Waals surface area contributed by atoms with Crippen molar-refractivity contribution in [3.63, 3.8) is 0 Å². The molecule has 0 atom stereocenters. The Morgan fingerprint density at radius 3 is 2.39 bits per heavy atom. The van der Waals surface area contributed by atoms with Crippen LogP contribution >= 0.6 is 12.2 Å². The van der Waals surface area contributed by atoms with Crippen LogP contribution in [0.2, 0.25) is 0 Å². The fraction of sp³-hybridized carbons (Fsp3) is 0.0400. The number of thiocarbonyl (C=S) groups is 1. The summed E-state index contributed by atoms with van der Waals surface area (Å²) in [5.74, 6) is -0.565. The summed E-state index contributed by atoms with van der Waals surface area (Å²) in [6.45, 7) is 1.46.